The first-order valence-electron chi connectivity index (χ1n) is 5.83. The van der Waals surface area contributed by atoms with Crippen molar-refractivity contribution in [1.29, 1.82) is 0 Å². The molecule has 0 spiro atoms. The van der Waals surface area contributed by atoms with Gasteiger partial charge in [0.2, 0.25) is 5.91 Å². The predicted octanol–water partition coefficient (Wildman–Crippen LogP) is 2.52. The average Bonchev–Trinajstić information content (AvgIpc) is 2.66. The van der Waals surface area contributed by atoms with E-state index >= 15 is 0 Å². The number of hydrogen-bond acceptors (Lipinski definition) is 3. The van der Waals surface area contributed by atoms with E-state index in [4.69, 9.17) is 0 Å². The lowest BCUT2D eigenvalue weighted by Gasteiger charge is -2.40. The Bertz CT molecular complexity index is 401. The van der Waals surface area contributed by atoms with Gasteiger partial charge < -0.3 is 10.6 Å². The Hall–Kier alpha value is -0.390. The molecule has 1 aliphatic carbocycles. The maximum Gasteiger partial charge on any atom is 0.227 e. The van der Waals surface area contributed by atoms with Gasteiger partial charge in [-0.25, -0.2) is 0 Å². The van der Waals surface area contributed by atoms with E-state index in [1.54, 1.807) is 11.3 Å². The molecule has 1 aliphatic rings. The summed E-state index contributed by atoms with van der Waals surface area (Å²) in [6, 6.07) is 4.05. The van der Waals surface area contributed by atoms with E-state index in [2.05, 4.69) is 26.6 Å². The highest BCUT2D eigenvalue weighted by Crippen LogP contribution is 2.40. The van der Waals surface area contributed by atoms with E-state index in [-0.39, 0.29) is 11.3 Å². The van der Waals surface area contributed by atoms with Crippen LogP contribution in [-0.2, 0) is 11.3 Å². The van der Waals surface area contributed by atoms with Crippen LogP contribution in [-0.4, -0.2) is 19.5 Å². The van der Waals surface area contributed by atoms with Gasteiger partial charge >= 0.3 is 0 Å². The maximum absolute atomic E-state index is 12.2. The van der Waals surface area contributed by atoms with Crippen molar-refractivity contribution in [2.75, 3.05) is 13.6 Å². The fraction of sp³-hybridized carbons (Fsp3) is 0.583. The topological polar surface area (TPSA) is 41.1 Å². The van der Waals surface area contributed by atoms with Crippen LogP contribution in [0.25, 0.3) is 0 Å². The van der Waals surface area contributed by atoms with E-state index in [0.717, 1.165) is 23.2 Å². The third kappa shape index (κ3) is 2.89. The van der Waals surface area contributed by atoms with Gasteiger partial charge in [-0.3, -0.25) is 4.79 Å². The SMILES string of the molecule is CNCC1(C(=O)NCc2ccc(Br)s2)CCC1. The zero-order valence-corrected chi connectivity index (χ0v) is 12.3. The van der Waals surface area contributed by atoms with Gasteiger partial charge in [0.05, 0.1) is 15.7 Å². The molecule has 0 aromatic carbocycles. The molecule has 17 heavy (non-hydrogen) atoms. The molecule has 1 aromatic rings. The van der Waals surface area contributed by atoms with Crippen LogP contribution < -0.4 is 10.6 Å². The van der Waals surface area contributed by atoms with Crippen molar-refractivity contribution in [3.8, 4) is 0 Å². The Kier molecular flexibility index (Phi) is 4.22. The van der Waals surface area contributed by atoms with E-state index in [1.807, 2.05) is 19.2 Å². The molecule has 1 aromatic heterocycles. The molecular formula is C12H17BrN2OS. The van der Waals surface area contributed by atoms with Crippen molar-refractivity contribution < 1.29 is 4.79 Å². The number of rotatable bonds is 5. The first-order chi connectivity index (χ1) is 8.16. The standard InChI is InChI=1S/C12H17BrN2OS/c1-14-8-12(5-2-6-12)11(16)15-7-9-3-4-10(13)17-9/h3-4,14H,2,5-8H2,1H3,(H,15,16). The molecule has 0 saturated heterocycles. The molecule has 1 fully saturated rings. The van der Waals surface area contributed by atoms with Crippen LogP contribution in [0.5, 0.6) is 0 Å². The van der Waals surface area contributed by atoms with Crippen LogP contribution in [0, 0.1) is 5.41 Å². The van der Waals surface area contributed by atoms with Crippen molar-refractivity contribution in [2.45, 2.75) is 25.8 Å². The number of carbonyl (C=O) groups excluding carboxylic acids is 1. The summed E-state index contributed by atoms with van der Waals surface area (Å²) in [4.78, 5) is 13.3. The zero-order valence-electron chi connectivity index (χ0n) is 9.88. The van der Waals surface area contributed by atoms with Crippen molar-refractivity contribution in [3.63, 3.8) is 0 Å². The second-order valence-electron chi connectivity index (χ2n) is 4.55. The van der Waals surface area contributed by atoms with Gasteiger partial charge in [-0.05, 0) is 48.0 Å². The maximum atomic E-state index is 12.2. The summed E-state index contributed by atoms with van der Waals surface area (Å²) in [7, 11) is 1.91. The van der Waals surface area contributed by atoms with Crippen molar-refractivity contribution in [3.05, 3.63) is 20.8 Å². The second kappa shape index (κ2) is 5.50. The number of thiophene rings is 1. The summed E-state index contributed by atoms with van der Waals surface area (Å²) in [5.41, 5.74) is -0.150. The van der Waals surface area contributed by atoms with Crippen molar-refractivity contribution in [2.24, 2.45) is 5.41 Å². The fourth-order valence-electron chi connectivity index (χ4n) is 2.23. The van der Waals surface area contributed by atoms with Gasteiger partial charge in [-0.2, -0.15) is 0 Å². The number of amides is 1. The third-order valence-corrected chi connectivity index (χ3v) is 4.98. The van der Waals surface area contributed by atoms with E-state index in [1.165, 1.54) is 11.3 Å². The van der Waals surface area contributed by atoms with Gasteiger partial charge in [-0.15, -0.1) is 11.3 Å². The Morgan fingerprint density at radius 2 is 2.29 bits per heavy atom. The normalized spacial score (nSPS) is 17.5. The first kappa shape index (κ1) is 13.1. The van der Waals surface area contributed by atoms with Gasteiger partial charge in [0, 0.05) is 11.4 Å². The summed E-state index contributed by atoms with van der Waals surface area (Å²) in [5.74, 6) is 0.197. The highest BCUT2D eigenvalue weighted by atomic mass is 79.9. The van der Waals surface area contributed by atoms with Crippen LogP contribution in [0.3, 0.4) is 0 Å². The van der Waals surface area contributed by atoms with Crippen LogP contribution >= 0.6 is 27.3 Å². The molecule has 94 valence electrons. The quantitative estimate of drug-likeness (QED) is 0.876. The molecule has 5 heteroatoms. The minimum Gasteiger partial charge on any atom is -0.351 e. The summed E-state index contributed by atoms with van der Waals surface area (Å²) < 4.78 is 1.11. The van der Waals surface area contributed by atoms with E-state index in [9.17, 15) is 4.79 Å². The van der Waals surface area contributed by atoms with Crippen LogP contribution in [0.2, 0.25) is 0 Å². The van der Waals surface area contributed by atoms with Crippen LogP contribution in [0.4, 0.5) is 0 Å². The van der Waals surface area contributed by atoms with Gasteiger partial charge in [0.1, 0.15) is 0 Å². The molecule has 0 bridgehead atoms. The molecule has 1 amide bonds. The summed E-state index contributed by atoms with van der Waals surface area (Å²) in [5, 5.41) is 6.18. The minimum atomic E-state index is -0.150. The van der Waals surface area contributed by atoms with Gasteiger partial charge in [0.25, 0.3) is 0 Å². The van der Waals surface area contributed by atoms with E-state index in [0.29, 0.717) is 6.54 Å². The molecule has 0 atom stereocenters. The smallest absolute Gasteiger partial charge is 0.227 e. The Morgan fingerprint density at radius 3 is 2.76 bits per heavy atom. The highest BCUT2D eigenvalue weighted by molar-refractivity contribution is 9.11. The van der Waals surface area contributed by atoms with E-state index < -0.39 is 0 Å². The lowest BCUT2D eigenvalue weighted by atomic mass is 9.68. The van der Waals surface area contributed by atoms with Gasteiger partial charge in [0.15, 0.2) is 0 Å². The molecule has 0 unspecified atom stereocenters. The molecule has 0 aliphatic heterocycles. The highest BCUT2D eigenvalue weighted by Gasteiger charge is 2.43. The van der Waals surface area contributed by atoms with Crippen molar-refractivity contribution >= 4 is 33.2 Å². The zero-order chi connectivity index (χ0) is 12.3. The lowest BCUT2D eigenvalue weighted by molar-refractivity contribution is -0.135. The summed E-state index contributed by atoms with van der Waals surface area (Å²) in [6.45, 7) is 1.42. The molecule has 1 saturated carbocycles. The Morgan fingerprint density at radius 1 is 1.53 bits per heavy atom. The number of carbonyl (C=O) groups is 1. The average molecular weight is 317 g/mol. The summed E-state index contributed by atoms with van der Waals surface area (Å²) in [6.07, 6.45) is 3.18. The summed E-state index contributed by atoms with van der Waals surface area (Å²) >= 11 is 5.09. The van der Waals surface area contributed by atoms with Crippen LogP contribution in [0.15, 0.2) is 15.9 Å². The first-order valence-corrected chi connectivity index (χ1v) is 7.44. The molecular weight excluding hydrogens is 300 g/mol. The second-order valence-corrected chi connectivity index (χ2v) is 7.10. The Labute approximate surface area is 114 Å². The predicted molar refractivity (Wildman–Crippen MR) is 74.1 cm³/mol. The van der Waals surface area contributed by atoms with Crippen LogP contribution in [0.1, 0.15) is 24.1 Å². The fourth-order valence-corrected chi connectivity index (χ4v) is 3.65. The van der Waals surface area contributed by atoms with Crippen molar-refractivity contribution in [1.82, 2.24) is 10.6 Å². The molecule has 0 radical (unpaired) electrons. The number of nitrogens with one attached hydrogen (secondary N) is 2. The Balaban J connectivity index is 1.88. The van der Waals surface area contributed by atoms with Gasteiger partial charge in [-0.1, -0.05) is 6.42 Å². The largest absolute Gasteiger partial charge is 0.351 e. The molecule has 2 N–H and O–H groups in total. The monoisotopic (exact) mass is 316 g/mol. The molecule has 3 nitrogen and oxygen atoms in total. The number of halogens is 1. The number of hydrogen-bond donors (Lipinski definition) is 2. The third-order valence-electron chi connectivity index (χ3n) is 3.36. The lowest BCUT2D eigenvalue weighted by Crippen LogP contribution is -2.50. The molecule has 2 rings (SSSR count). The minimum absolute atomic E-state index is 0.150. The molecule has 1 heterocycles.